The number of fused-ring (bicyclic) bond motifs is 3. The van der Waals surface area contributed by atoms with E-state index in [9.17, 15) is 4.79 Å². The summed E-state index contributed by atoms with van der Waals surface area (Å²) in [4.78, 5) is 19.9. The molecular formula is C20H21N3O3S. The molecule has 1 aliphatic carbocycles. The Morgan fingerprint density at radius 1 is 1.19 bits per heavy atom. The van der Waals surface area contributed by atoms with Crippen molar-refractivity contribution in [3.63, 3.8) is 0 Å². The van der Waals surface area contributed by atoms with Crippen molar-refractivity contribution in [1.82, 2.24) is 9.66 Å². The van der Waals surface area contributed by atoms with Crippen molar-refractivity contribution in [3.05, 3.63) is 50.4 Å². The Bertz CT molecular complexity index is 1100. The SMILES string of the molecule is COc1ccc(/C=N\n2c(C)nc3sc4c(c3c2=O)CCCC4)cc1OC. The molecule has 0 N–H and O–H groups in total. The molecule has 0 spiro atoms. The van der Waals surface area contributed by atoms with Crippen molar-refractivity contribution in [3.8, 4) is 11.5 Å². The molecule has 7 heteroatoms. The zero-order valence-corrected chi connectivity index (χ0v) is 16.4. The number of hydrogen-bond acceptors (Lipinski definition) is 6. The van der Waals surface area contributed by atoms with Crippen molar-refractivity contribution >= 4 is 27.8 Å². The van der Waals surface area contributed by atoms with Crippen LogP contribution in [-0.4, -0.2) is 30.1 Å². The van der Waals surface area contributed by atoms with Crippen LogP contribution in [-0.2, 0) is 12.8 Å². The summed E-state index contributed by atoms with van der Waals surface area (Å²) >= 11 is 1.65. The highest BCUT2D eigenvalue weighted by Gasteiger charge is 2.21. The van der Waals surface area contributed by atoms with Crippen LogP contribution in [0.1, 0.15) is 34.7 Å². The summed E-state index contributed by atoms with van der Waals surface area (Å²) in [5, 5.41) is 5.15. The standard InChI is InChI=1S/C20H21N3O3S/c1-12-22-19-18(14-6-4-5-7-17(14)27-19)20(24)23(12)21-11-13-8-9-15(25-2)16(10-13)26-3/h8-11H,4-7H2,1-3H3/b21-11-. The van der Waals surface area contributed by atoms with Gasteiger partial charge in [-0.25, -0.2) is 4.98 Å². The number of nitrogens with zero attached hydrogens (tertiary/aromatic N) is 3. The second-order valence-corrected chi connectivity index (χ2v) is 7.61. The number of aromatic nitrogens is 2. The van der Waals surface area contributed by atoms with Gasteiger partial charge in [0.25, 0.3) is 5.56 Å². The molecule has 6 nitrogen and oxygen atoms in total. The van der Waals surface area contributed by atoms with Gasteiger partial charge in [0.15, 0.2) is 11.5 Å². The molecule has 2 aromatic heterocycles. The Morgan fingerprint density at radius 2 is 1.96 bits per heavy atom. The molecule has 0 saturated heterocycles. The fourth-order valence-electron chi connectivity index (χ4n) is 3.49. The second-order valence-electron chi connectivity index (χ2n) is 6.53. The molecule has 0 saturated carbocycles. The van der Waals surface area contributed by atoms with Crippen LogP contribution in [0.3, 0.4) is 0 Å². The Kier molecular flexibility index (Phi) is 4.70. The van der Waals surface area contributed by atoms with E-state index in [1.54, 1.807) is 31.8 Å². The lowest BCUT2D eigenvalue weighted by molar-refractivity contribution is 0.355. The molecule has 140 valence electrons. The number of methoxy groups -OCH3 is 2. The minimum atomic E-state index is -0.0892. The van der Waals surface area contributed by atoms with Crippen LogP contribution in [0.5, 0.6) is 11.5 Å². The van der Waals surface area contributed by atoms with Crippen molar-refractivity contribution in [2.24, 2.45) is 5.10 Å². The lowest BCUT2D eigenvalue weighted by Gasteiger charge is -2.10. The highest BCUT2D eigenvalue weighted by Crippen LogP contribution is 2.33. The maximum absolute atomic E-state index is 13.1. The summed E-state index contributed by atoms with van der Waals surface area (Å²) in [6, 6.07) is 5.50. The predicted molar refractivity (Wildman–Crippen MR) is 108 cm³/mol. The molecular weight excluding hydrogens is 362 g/mol. The Morgan fingerprint density at radius 3 is 2.74 bits per heavy atom. The quantitative estimate of drug-likeness (QED) is 0.647. The molecule has 0 fully saturated rings. The first kappa shape index (κ1) is 17.7. The first-order valence-corrected chi connectivity index (χ1v) is 9.74. The number of ether oxygens (including phenoxy) is 2. The van der Waals surface area contributed by atoms with Crippen molar-refractivity contribution < 1.29 is 9.47 Å². The Hall–Kier alpha value is -2.67. The van der Waals surface area contributed by atoms with E-state index >= 15 is 0 Å². The summed E-state index contributed by atoms with van der Waals surface area (Å²) < 4.78 is 12.0. The van der Waals surface area contributed by atoms with E-state index in [1.807, 2.05) is 25.1 Å². The van der Waals surface area contributed by atoms with Gasteiger partial charge in [0.05, 0.1) is 25.8 Å². The molecule has 1 aromatic carbocycles. The summed E-state index contributed by atoms with van der Waals surface area (Å²) in [5.74, 6) is 1.85. The van der Waals surface area contributed by atoms with E-state index in [0.29, 0.717) is 17.3 Å². The normalized spacial score (nSPS) is 13.9. The van der Waals surface area contributed by atoms with Gasteiger partial charge in [-0.1, -0.05) is 0 Å². The number of hydrogen-bond donors (Lipinski definition) is 0. The maximum atomic E-state index is 13.1. The van der Waals surface area contributed by atoms with Gasteiger partial charge in [-0.3, -0.25) is 4.79 Å². The summed E-state index contributed by atoms with van der Waals surface area (Å²) in [5.41, 5.74) is 1.90. The molecule has 1 aliphatic rings. The monoisotopic (exact) mass is 383 g/mol. The van der Waals surface area contributed by atoms with Gasteiger partial charge < -0.3 is 9.47 Å². The van der Waals surface area contributed by atoms with E-state index in [4.69, 9.17) is 9.47 Å². The van der Waals surface area contributed by atoms with Gasteiger partial charge in [-0.15, -0.1) is 11.3 Å². The van der Waals surface area contributed by atoms with Crippen LogP contribution in [0, 0.1) is 6.92 Å². The molecule has 2 heterocycles. The fourth-order valence-corrected chi connectivity index (χ4v) is 4.79. The van der Waals surface area contributed by atoms with Gasteiger partial charge in [0.1, 0.15) is 10.7 Å². The van der Waals surface area contributed by atoms with Gasteiger partial charge in [0, 0.05) is 4.88 Å². The van der Waals surface area contributed by atoms with Crippen molar-refractivity contribution in [2.45, 2.75) is 32.6 Å². The van der Waals surface area contributed by atoms with Crippen molar-refractivity contribution in [2.75, 3.05) is 14.2 Å². The predicted octanol–water partition coefficient (Wildman–Crippen LogP) is 3.54. The lowest BCUT2D eigenvalue weighted by Crippen LogP contribution is -2.21. The zero-order valence-electron chi connectivity index (χ0n) is 15.6. The van der Waals surface area contributed by atoms with Crippen LogP contribution in [0.25, 0.3) is 10.2 Å². The summed E-state index contributed by atoms with van der Waals surface area (Å²) in [7, 11) is 3.18. The van der Waals surface area contributed by atoms with Gasteiger partial charge in [0.2, 0.25) is 0 Å². The average Bonchev–Trinajstić information content (AvgIpc) is 3.05. The second kappa shape index (κ2) is 7.15. The zero-order chi connectivity index (χ0) is 19.0. The molecule has 27 heavy (non-hydrogen) atoms. The largest absolute Gasteiger partial charge is 0.493 e. The average molecular weight is 383 g/mol. The number of rotatable bonds is 4. The molecule has 0 aliphatic heterocycles. The first-order chi connectivity index (χ1) is 13.1. The number of benzene rings is 1. The molecule has 3 aromatic rings. The molecule has 0 unspecified atom stereocenters. The molecule has 0 radical (unpaired) electrons. The summed E-state index contributed by atoms with van der Waals surface area (Å²) in [6.45, 7) is 1.81. The smallest absolute Gasteiger partial charge is 0.283 e. The van der Waals surface area contributed by atoms with E-state index < -0.39 is 0 Å². The highest BCUT2D eigenvalue weighted by atomic mass is 32.1. The molecule has 0 atom stereocenters. The van der Waals surface area contributed by atoms with Crippen molar-refractivity contribution in [1.29, 1.82) is 0 Å². The third-order valence-corrected chi connectivity index (χ3v) is 6.04. The van der Waals surface area contributed by atoms with Crippen LogP contribution in [0.2, 0.25) is 0 Å². The van der Waals surface area contributed by atoms with Gasteiger partial charge in [-0.05, 0) is 61.9 Å². The van der Waals surface area contributed by atoms with Crippen LogP contribution >= 0.6 is 11.3 Å². The minimum Gasteiger partial charge on any atom is -0.493 e. The topological polar surface area (TPSA) is 65.7 Å². The number of thiophene rings is 1. The van der Waals surface area contributed by atoms with Gasteiger partial charge in [-0.2, -0.15) is 9.78 Å². The summed E-state index contributed by atoms with van der Waals surface area (Å²) in [6.07, 6.45) is 5.95. The Balaban J connectivity index is 1.78. The van der Waals surface area contributed by atoms with E-state index in [0.717, 1.165) is 35.0 Å². The maximum Gasteiger partial charge on any atom is 0.283 e. The lowest BCUT2D eigenvalue weighted by atomic mass is 9.97. The van der Waals surface area contributed by atoms with E-state index in [2.05, 4.69) is 10.1 Å². The van der Waals surface area contributed by atoms with Gasteiger partial charge >= 0.3 is 0 Å². The van der Waals surface area contributed by atoms with E-state index in [1.165, 1.54) is 21.5 Å². The van der Waals surface area contributed by atoms with Crippen LogP contribution in [0.15, 0.2) is 28.1 Å². The molecule has 0 amide bonds. The highest BCUT2D eigenvalue weighted by molar-refractivity contribution is 7.18. The first-order valence-electron chi connectivity index (χ1n) is 8.92. The third-order valence-electron chi connectivity index (χ3n) is 4.86. The fraction of sp³-hybridized carbons (Fsp3) is 0.350. The third kappa shape index (κ3) is 3.12. The number of aryl methyl sites for hydroxylation is 3. The molecule has 0 bridgehead atoms. The van der Waals surface area contributed by atoms with Crippen LogP contribution < -0.4 is 15.0 Å². The Labute approximate surface area is 161 Å². The minimum absolute atomic E-state index is 0.0892. The van der Waals surface area contributed by atoms with Crippen LogP contribution in [0.4, 0.5) is 0 Å². The van der Waals surface area contributed by atoms with E-state index in [-0.39, 0.29) is 5.56 Å². The molecule has 4 rings (SSSR count).